The molecular formula is C16H23N3O4. The highest BCUT2D eigenvalue weighted by Crippen LogP contribution is 2.35. The van der Waals surface area contributed by atoms with Crippen LogP contribution < -0.4 is 10.6 Å². The van der Waals surface area contributed by atoms with Crippen molar-refractivity contribution in [3.63, 3.8) is 0 Å². The molecule has 0 aromatic carbocycles. The third-order valence-electron chi connectivity index (χ3n) is 3.41. The van der Waals surface area contributed by atoms with Crippen LogP contribution >= 0.6 is 0 Å². The zero-order chi connectivity index (χ0) is 17.1. The van der Waals surface area contributed by atoms with Crippen molar-refractivity contribution in [2.75, 3.05) is 11.9 Å². The summed E-state index contributed by atoms with van der Waals surface area (Å²) in [6, 6.07) is 3.46. The Balaban J connectivity index is 1.83. The number of aromatic nitrogens is 1. The van der Waals surface area contributed by atoms with Crippen LogP contribution in [0, 0.1) is 0 Å². The fourth-order valence-electron chi connectivity index (χ4n) is 2.08. The van der Waals surface area contributed by atoms with E-state index >= 15 is 0 Å². The lowest BCUT2D eigenvalue weighted by Crippen LogP contribution is -2.44. The molecule has 1 aliphatic rings. The lowest BCUT2D eigenvalue weighted by atomic mass is 10.2. The maximum absolute atomic E-state index is 11.8. The van der Waals surface area contributed by atoms with Gasteiger partial charge >= 0.3 is 12.1 Å². The van der Waals surface area contributed by atoms with Crippen molar-refractivity contribution in [1.29, 1.82) is 0 Å². The van der Waals surface area contributed by atoms with Crippen LogP contribution in [0.5, 0.6) is 0 Å². The number of hydrogen-bond acceptors (Lipinski definition) is 5. The van der Waals surface area contributed by atoms with Crippen molar-refractivity contribution in [2.24, 2.45) is 0 Å². The van der Waals surface area contributed by atoms with Gasteiger partial charge in [-0.05, 0) is 45.7 Å². The average Bonchev–Trinajstić information content (AvgIpc) is 3.15. The Morgan fingerprint density at radius 2 is 2.04 bits per heavy atom. The second-order valence-corrected chi connectivity index (χ2v) is 6.87. The van der Waals surface area contributed by atoms with E-state index in [2.05, 4.69) is 15.6 Å². The molecule has 1 aliphatic carbocycles. The molecule has 1 heterocycles. The minimum atomic E-state index is -0.906. The predicted molar refractivity (Wildman–Crippen MR) is 85.4 cm³/mol. The molecule has 126 valence electrons. The van der Waals surface area contributed by atoms with E-state index in [9.17, 15) is 9.59 Å². The number of ether oxygens (including phenoxy) is 1. The number of rotatable bonds is 6. The molecule has 7 heteroatoms. The first-order valence-electron chi connectivity index (χ1n) is 7.59. The summed E-state index contributed by atoms with van der Waals surface area (Å²) in [6.45, 7) is 6.06. The summed E-state index contributed by atoms with van der Waals surface area (Å²) < 4.78 is 5.27. The summed E-state index contributed by atoms with van der Waals surface area (Å²) >= 11 is 0. The number of hydrogen-bond donors (Lipinski definition) is 3. The molecule has 2 rings (SSSR count). The topological polar surface area (TPSA) is 101 Å². The molecule has 1 saturated carbocycles. The fraction of sp³-hybridized carbons (Fsp3) is 0.562. The number of nitrogens with zero attached hydrogens (tertiary/aromatic N) is 1. The van der Waals surface area contributed by atoms with E-state index in [1.807, 2.05) is 20.8 Å². The van der Waals surface area contributed by atoms with Crippen molar-refractivity contribution in [3.8, 4) is 0 Å². The number of nitrogens with one attached hydrogen (secondary N) is 2. The molecule has 0 unspecified atom stereocenters. The number of carbonyl (C=O) groups is 2. The van der Waals surface area contributed by atoms with Crippen LogP contribution in [0.4, 0.5) is 10.5 Å². The summed E-state index contributed by atoms with van der Waals surface area (Å²) in [4.78, 5) is 26.6. The molecule has 7 nitrogen and oxygen atoms in total. The molecule has 1 aromatic heterocycles. The van der Waals surface area contributed by atoms with E-state index in [1.165, 1.54) is 0 Å². The van der Waals surface area contributed by atoms with Crippen LogP contribution in [0.15, 0.2) is 18.3 Å². The zero-order valence-electron chi connectivity index (χ0n) is 13.7. The molecule has 1 aromatic rings. The van der Waals surface area contributed by atoms with Gasteiger partial charge < -0.3 is 20.5 Å². The highest BCUT2D eigenvalue weighted by Gasteiger charge is 2.44. The number of carbonyl (C=O) groups excluding carboxylic acids is 1. The molecular weight excluding hydrogens is 298 g/mol. The molecule has 0 aliphatic heterocycles. The van der Waals surface area contributed by atoms with E-state index in [0.717, 1.165) is 18.5 Å². The van der Waals surface area contributed by atoms with Gasteiger partial charge in [-0.1, -0.05) is 0 Å². The molecule has 0 radical (unpaired) electrons. The quantitative estimate of drug-likeness (QED) is 0.742. The van der Waals surface area contributed by atoms with Crippen LogP contribution in [0.2, 0.25) is 0 Å². The molecule has 3 N–H and O–H groups in total. The Hall–Kier alpha value is -2.31. The molecule has 0 atom stereocenters. The summed E-state index contributed by atoms with van der Waals surface area (Å²) in [5.41, 5.74) is 0.506. The van der Waals surface area contributed by atoms with Crippen molar-refractivity contribution < 1.29 is 19.4 Å². The van der Waals surface area contributed by atoms with Crippen molar-refractivity contribution in [3.05, 3.63) is 24.0 Å². The molecule has 1 amide bonds. The van der Waals surface area contributed by atoms with Gasteiger partial charge in [0.2, 0.25) is 0 Å². The summed E-state index contributed by atoms with van der Waals surface area (Å²) in [7, 11) is 0. The highest BCUT2D eigenvalue weighted by molar-refractivity contribution is 5.70. The normalized spacial score (nSPS) is 15.6. The highest BCUT2D eigenvalue weighted by atomic mass is 16.6. The van der Waals surface area contributed by atoms with Gasteiger partial charge in [0.15, 0.2) is 0 Å². The standard InChI is InChI=1S/C16H23N3O4/c1-15(2,3)23-14(22)19-16(6-7-16)10-18-12-5-4-11(17-9-12)8-13(20)21/h4-5,9,18H,6-8,10H2,1-3H3,(H,19,22)(H,20,21). The summed E-state index contributed by atoms with van der Waals surface area (Å²) in [5.74, 6) is -0.906. The third kappa shape index (κ3) is 5.77. The summed E-state index contributed by atoms with van der Waals surface area (Å²) in [5, 5.41) is 14.8. The third-order valence-corrected chi connectivity index (χ3v) is 3.41. The number of carboxylic acids is 1. The van der Waals surface area contributed by atoms with Crippen LogP contribution in [0.3, 0.4) is 0 Å². The van der Waals surface area contributed by atoms with E-state index < -0.39 is 17.7 Å². The Bertz CT molecular complexity index is 574. The smallest absolute Gasteiger partial charge is 0.408 e. The lowest BCUT2D eigenvalue weighted by Gasteiger charge is -2.23. The lowest BCUT2D eigenvalue weighted by molar-refractivity contribution is -0.136. The predicted octanol–water partition coefficient (Wildman–Crippen LogP) is 2.18. The Morgan fingerprint density at radius 1 is 1.35 bits per heavy atom. The largest absolute Gasteiger partial charge is 0.481 e. The SMILES string of the molecule is CC(C)(C)OC(=O)NC1(CNc2ccc(CC(=O)O)nc2)CC1. The van der Waals surface area contributed by atoms with Crippen LogP contribution in [0.25, 0.3) is 0 Å². The van der Waals surface area contributed by atoms with Crippen molar-refractivity contribution in [1.82, 2.24) is 10.3 Å². The Kier molecular flexibility index (Phi) is 4.77. The number of amides is 1. The Labute approximate surface area is 135 Å². The van der Waals surface area contributed by atoms with Gasteiger partial charge in [0, 0.05) is 6.54 Å². The van der Waals surface area contributed by atoms with Gasteiger partial charge in [0.05, 0.1) is 29.5 Å². The number of carboxylic acid groups (broad SMARTS) is 1. The first-order valence-corrected chi connectivity index (χ1v) is 7.59. The zero-order valence-corrected chi connectivity index (χ0v) is 13.7. The van der Waals surface area contributed by atoms with E-state index in [0.29, 0.717) is 12.2 Å². The first-order chi connectivity index (χ1) is 10.7. The van der Waals surface area contributed by atoms with Gasteiger partial charge in [-0.25, -0.2) is 4.79 Å². The minimum absolute atomic E-state index is 0.0928. The second-order valence-electron chi connectivity index (χ2n) is 6.87. The number of aliphatic carboxylic acids is 1. The van der Waals surface area contributed by atoms with E-state index in [-0.39, 0.29) is 12.0 Å². The average molecular weight is 321 g/mol. The van der Waals surface area contributed by atoms with Crippen molar-refractivity contribution in [2.45, 2.75) is 51.2 Å². The van der Waals surface area contributed by atoms with Crippen LogP contribution in [-0.2, 0) is 16.0 Å². The number of pyridine rings is 1. The first kappa shape index (κ1) is 17.1. The van der Waals surface area contributed by atoms with Gasteiger partial charge in [0.25, 0.3) is 0 Å². The maximum Gasteiger partial charge on any atom is 0.408 e. The van der Waals surface area contributed by atoms with Crippen LogP contribution in [0.1, 0.15) is 39.3 Å². The fourth-order valence-corrected chi connectivity index (χ4v) is 2.08. The van der Waals surface area contributed by atoms with Gasteiger partial charge in [-0.15, -0.1) is 0 Å². The monoisotopic (exact) mass is 321 g/mol. The number of anilines is 1. The number of alkyl carbamates (subject to hydrolysis) is 1. The molecule has 23 heavy (non-hydrogen) atoms. The van der Waals surface area contributed by atoms with Gasteiger partial charge in [-0.2, -0.15) is 0 Å². The van der Waals surface area contributed by atoms with Crippen molar-refractivity contribution >= 4 is 17.7 Å². The van der Waals surface area contributed by atoms with Gasteiger partial charge in [0.1, 0.15) is 5.60 Å². The molecule has 1 fully saturated rings. The Morgan fingerprint density at radius 3 is 2.52 bits per heavy atom. The second kappa shape index (κ2) is 6.44. The minimum Gasteiger partial charge on any atom is -0.481 e. The maximum atomic E-state index is 11.8. The van der Waals surface area contributed by atoms with E-state index in [1.54, 1.807) is 18.3 Å². The molecule has 0 bridgehead atoms. The molecule has 0 saturated heterocycles. The van der Waals surface area contributed by atoms with Crippen LogP contribution in [-0.4, -0.2) is 39.8 Å². The molecule has 0 spiro atoms. The van der Waals surface area contributed by atoms with E-state index in [4.69, 9.17) is 9.84 Å². The van der Waals surface area contributed by atoms with Gasteiger partial charge in [-0.3, -0.25) is 9.78 Å². The summed E-state index contributed by atoms with van der Waals surface area (Å²) in [6.07, 6.45) is 2.88.